The molecule has 0 atom stereocenters. The third-order valence-electron chi connectivity index (χ3n) is 6.53. The lowest BCUT2D eigenvalue weighted by atomic mass is 10.1. The Morgan fingerprint density at radius 2 is 1.75 bits per heavy atom. The van der Waals surface area contributed by atoms with Gasteiger partial charge in [-0.15, -0.1) is 0 Å². The molecule has 5 aromatic rings. The van der Waals surface area contributed by atoms with Gasteiger partial charge in [-0.25, -0.2) is 9.67 Å². The van der Waals surface area contributed by atoms with Gasteiger partial charge >= 0.3 is 0 Å². The summed E-state index contributed by atoms with van der Waals surface area (Å²) in [5.41, 5.74) is 1.96. The molecule has 0 spiro atoms. The van der Waals surface area contributed by atoms with Gasteiger partial charge in [-0.1, -0.05) is 29.8 Å². The molecule has 3 aromatic heterocycles. The SMILES string of the molecule is CCn1c2c(C(=O)Nc3cccc(C(=O)NC)c3)nc(Cl)cc2c(=O)n1-c1ccc(-c2c(C)on(C)c2=O)cc1. The van der Waals surface area contributed by atoms with Crippen LogP contribution in [0.3, 0.4) is 0 Å². The fraction of sp³-hybridized carbons (Fsp3) is 0.179. The second kappa shape index (κ2) is 10.3. The second-order valence-corrected chi connectivity index (χ2v) is 9.40. The number of hydrogen-bond donors (Lipinski definition) is 2. The maximum atomic E-state index is 13.6. The minimum atomic E-state index is -0.595. The fourth-order valence-electron chi connectivity index (χ4n) is 4.74. The van der Waals surface area contributed by atoms with Crippen LogP contribution in [0, 0.1) is 6.92 Å². The Hall–Kier alpha value is -4.90. The lowest BCUT2D eigenvalue weighted by Gasteiger charge is -2.13. The van der Waals surface area contributed by atoms with E-state index in [4.69, 9.17) is 16.1 Å². The van der Waals surface area contributed by atoms with Crippen molar-refractivity contribution in [3.8, 4) is 16.8 Å². The van der Waals surface area contributed by atoms with E-state index in [2.05, 4.69) is 15.6 Å². The van der Waals surface area contributed by atoms with E-state index in [1.54, 1.807) is 54.1 Å². The zero-order chi connectivity index (χ0) is 28.7. The van der Waals surface area contributed by atoms with Crippen LogP contribution in [0.4, 0.5) is 5.69 Å². The molecular formula is C28H25ClN6O5. The molecule has 2 amide bonds. The van der Waals surface area contributed by atoms with Gasteiger partial charge in [0.1, 0.15) is 16.4 Å². The van der Waals surface area contributed by atoms with Crippen LogP contribution in [0.2, 0.25) is 5.15 Å². The predicted molar refractivity (Wildman–Crippen MR) is 151 cm³/mol. The lowest BCUT2D eigenvalue weighted by Crippen LogP contribution is -2.21. The van der Waals surface area contributed by atoms with E-state index in [9.17, 15) is 19.2 Å². The molecule has 2 N–H and O–H groups in total. The zero-order valence-corrected chi connectivity index (χ0v) is 22.9. The molecule has 0 fully saturated rings. The van der Waals surface area contributed by atoms with Gasteiger partial charge in [-0.2, -0.15) is 4.74 Å². The summed E-state index contributed by atoms with van der Waals surface area (Å²) in [7, 11) is 3.06. The molecule has 40 heavy (non-hydrogen) atoms. The number of pyridine rings is 1. The Balaban J connectivity index is 1.60. The first-order chi connectivity index (χ1) is 19.1. The van der Waals surface area contributed by atoms with Crippen LogP contribution in [0.5, 0.6) is 0 Å². The van der Waals surface area contributed by atoms with Gasteiger partial charge in [-0.05, 0) is 55.8 Å². The van der Waals surface area contributed by atoms with Crippen molar-refractivity contribution >= 4 is 40.0 Å². The van der Waals surface area contributed by atoms with Crippen molar-refractivity contribution in [2.24, 2.45) is 7.05 Å². The summed E-state index contributed by atoms with van der Waals surface area (Å²) in [4.78, 5) is 55.8. The number of benzene rings is 2. The highest BCUT2D eigenvalue weighted by molar-refractivity contribution is 6.30. The monoisotopic (exact) mass is 560 g/mol. The molecule has 3 heterocycles. The third-order valence-corrected chi connectivity index (χ3v) is 6.73. The predicted octanol–water partition coefficient (Wildman–Crippen LogP) is 3.74. The molecule has 0 aliphatic carbocycles. The molecule has 0 unspecified atom stereocenters. The highest BCUT2D eigenvalue weighted by atomic mass is 35.5. The smallest absolute Gasteiger partial charge is 0.290 e. The maximum Gasteiger partial charge on any atom is 0.290 e. The van der Waals surface area contributed by atoms with Crippen molar-refractivity contribution in [2.45, 2.75) is 20.4 Å². The maximum absolute atomic E-state index is 13.6. The number of halogens is 1. The van der Waals surface area contributed by atoms with Crippen LogP contribution < -0.4 is 21.8 Å². The molecule has 0 aliphatic heterocycles. The summed E-state index contributed by atoms with van der Waals surface area (Å²) in [6, 6.07) is 14.8. The van der Waals surface area contributed by atoms with Crippen molar-refractivity contribution in [1.82, 2.24) is 24.4 Å². The number of amides is 2. The van der Waals surface area contributed by atoms with Crippen molar-refractivity contribution in [3.05, 3.63) is 97.5 Å². The Bertz CT molecular complexity index is 1910. The van der Waals surface area contributed by atoms with Crippen molar-refractivity contribution in [2.75, 3.05) is 12.4 Å². The van der Waals surface area contributed by atoms with E-state index in [1.165, 1.54) is 30.9 Å². The molecule has 12 heteroatoms. The number of nitrogens with one attached hydrogen (secondary N) is 2. The molecule has 0 saturated carbocycles. The summed E-state index contributed by atoms with van der Waals surface area (Å²) in [6.45, 7) is 3.88. The van der Waals surface area contributed by atoms with Crippen LogP contribution >= 0.6 is 11.6 Å². The fourth-order valence-corrected chi connectivity index (χ4v) is 4.93. The van der Waals surface area contributed by atoms with Crippen molar-refractivity contribution in [1.29, 1.82) is 0 Å². The van der Waals surface area contributed by atoms with Crippen molar-refractivity contribution < 1.29 is 14.1 Å². The van der Waals surface area contributed by atoms with Gasteiger partial charge in [0, 0.05) is 31.9 Å². The van der Waals surface area contributed by atoms with Gasteiger partial charge < -0.3 is 15.2 Å². The Labute approximate surface area is 232 Å². The Kier molecular flexibility index (Phi) is 6.90. The molecule has 0 aliphatic rings. The zero-order valence-electron chi connectivity index (χ0n) is 22.1. The summed E-state index contributed by atoms with van der Waals surface area (Å²) >= 11 is 6.26. The molecular weight excluding hydrogens is 536 g/mol. The topological polar surface area (TPSA) is 133 Å². The van der Waals surface area contributed by atoms with E-state index in [0.29, 0.717) is 45.9 Å². The quantitative estimate of drug-likeness (QED) is 0.304. The van der Waals surface area contributed by atoms with E-state index in [1.807, 2.05) is 6.92 Å². The number of carbonyl (C=O) groups is 2. The van der Waals surface area contributed by atoms with Crippen LogP contribution in [-0.2, 0) is 13.6 Å². The van der Waals surface area contributed by atoms with Crippen LogP contribution in [-0.4, -0.2) is 37.9 Å². The minimum absolute atomic E-state index is 0.0177. The van der Waals surface area contributed by atoms with Crippen molar-refractivity contribution in [3.63, 3.8) is 0 Å². The summed E-state index contributed by atoms with van der Waals surface area (Å²) in [5, 5.41) is 5.49. The largest absolute Gasteiger partial charge is 0.381 e. The molecule has 2 aromatic carbocycles. The number of aryl methyl sites for hydroxylation is 3. The van der Waals surface area contributed by atoms with Gasteiger partial charge in [0.2, 0.25) is 0 Å². The highest BCUT2D eigenvalue weighted by Crippen LogP contribution is 2.25. The average molecular weight is 561 g/mol. The molecule has 204 valence electrons. The molecule has 0 saturated heterocycles. The standard InChI is InChI=1S/C28H25ClN6O5/c1-5-34-24-20(14-21(29)32-23(24)26(37)31-18-8-6-7-17(13-18)25(36)30-3)27(38)35(34)19-11-9-16(10-12-19)22-15(2)40-33(4)28(22)39/h6-14H,5H2,1-4H3,(H,30,36)(H,31,37). The average Bonchev–Trinajstić information content (AvgIpc) is 3.38. The number of anilines is 1. The Morgan fingerprint density at radius 3 is 2.38 bits per heavy atom. The first-order valence-corrected chi connectivity index (χ1v) is 12.8. The summed E-state index contributed by atoms with van der Waals surface area (Å²) in [5.74, 6) is -0.412. The lowest BCUT2D eigenvalue weighted by molar-refractivity contribution is 0.0961. The second-order valence-electron chi connectivity index (χ2n) is 9.01. The number of fused-ring (bicyclic) bond motifs is 1. The molecule has 0 bridgehead atoms. The first kappa shape index (κ1) is 26.7. The molecule has 0 radical (unpaired) electrons. The van der Waals surface area contributed by atoms with Crippen LogP contribution in [0.1, 0.15) is 33.5 Å². The number of hydrogen-bond acceptors (Lipinski definition) is 6. The van der Waals surface area contributed by atoms with E-state index in [-0.39, 0.29) is 33.3 Å². The molecule has 5 rings (SSSR count). The number of carbonyl (C=O) groups excluding carboxylic acids is 2. The number of aromatic nitrogens is 4. The van der Waals surface area contributed by atoms with E-state index in [0.717, 1.165) is 4.74 Å². The van der Waals surface area contributed by atoms with Gasteiger partial charge in [0.05, 0.1) is 16.6 Å². The normalized spacial score (nSPS) is 11.1. The van der Waals surface area contributed by atoms with Gasteiger partial charge in [0.25, 0.3) is 22.9 Å². The van der Waals surface area contributed by atoms with E-state index < -0.39 is 5.91 Å². The van der Waals surface area contributed by atoms with Crippen LogP contribution in [0.15, 0.2) is 68.7 Å². The minimum Gasteiger partial charge on any atom is -0.381 e. The molecule has 11 nitrogen and oxygen atoms in total. The van der Waals surface area contributed by atoms with Gasteiger partial charge in [-0.3, -0.25) is 23.9 Å². The number of rotatable bonds is 6. The third kappa shape index (κ3) is 4.50. The van der Waals surface area contributed by atoms with Crippen LogP contribution in [0.25, 0.3) is 27.7 Å². The van der Waals surface area contributed by atoms with Gasteiger partial charge in [0.15, 0.2) is 5.69 Å². The summed E-state index contributed by atoms with van der Waals surface area (Å²) in [6.07, 6.45) is 0. The Morgan fingerprint density at radius 1 is 1.02 bits per heavy atom. The van der Waals surface area contributed by atoms with E-state index >= 15 is 0 Å². The highest BCUT2D eigenvalue weighted by Gasteiger charge is 2.24. The first-order valence-electron chi connectivity index (χ1n) is 12.4. The summed E-state index contributed by atoms with van der Waals surface area (Å²) < 4.78 is 9.64. The number of nitrogens with zero attached hydrogens (tertiary/aromatic N) is 4.